The van der Waals surface area contributed by atoms with Gasteiger partial charge in [-0.3, -0.25) is 9.78 Å². The lowest BCUT2D eigenvalue weighted by atomic mass is 10.0. The summed E-state index contributed by atoms with van der Waals surface area (Å²) in [6.45, 7) is 0. The SMILES string of the molecule is O=C(N/N=C\c1ccc(-c2ccccc2)cc1)c1cnccn1. The van der Waals surface area contributed by atoms with Crippen LogP contribution in [0.1, 0.15) is 16.1 Å². The van der Waals surface area contributed by atoms with Crippen molar-refractivity contribution in [1.29, 1.82) is 0 Å². The molecule has 0 bridgehead atoms. The number of carbonyl (C=O) groups is 1. The highest BCUT2D eigenvalue weighted by molar-refractivity contribution is 5.92. The van der Waals surface area contributed by atoms with Gasteiger partial charge in [0.1, 0.15) is 5.69 Å². The minimum atomic E-state index is -0.393. The Morgan fingerprint density at radius 3 is 2.39 bits per heavy atom. The third-order valence-corrected chi connectivity index (χ3v) is 3.19. The van der Waals surface area contributed by atoms with Crippen LogP contribution in [0.5, 0.6) is 0 Å². The average Bonchev–Trinajstić information content (AvgIpc) is 2.64. The number of nitrogens with zero attached hydrogens (tertiary/aromatic N) is 3. The van der Waals surface area contributed by atoms with Gasteiger partial charge >= 0.3 is 0 Å². The summed E-state index contributed by atoms with van der Waals surface area (Å²) in [5.41, 5.74) is 5.83. The molecule has 0 radical (unpaired) electrons. The van der Waals surface area contributed by atoms with Gasteiger partial charge in [0.2, 0.25) is 0 Å². The van der Waals surface area contributed by atoms with E-state index in [0.717, 1.165) is 16.7 Å². The molecule has 0 unspecified atom stereocenters. The highest BCUT2D eigenvalue weighted by atomic mass is 16.2. The molecule has 5 nitrogen and oxygen atoms in total. The van der Waals surface area contributed by atoms with Crippen LogP contribution in [0.3, 0.4) is 0 Å². The molecule has 3 aromatic rings. The number of rotatable bonds is 4. The maximum absolute atomic E-state index is 11.7. The van der Waals surface area contributed by atoms with Gasteiger partial charge in [0, 0.05) is 12.4 Å². The first kappa shape index (κ1) is 14.6. The lowest BCUT2D eigenvalue weighted by Crippen LogP contribution is -2.19. The van der Waals surface area contributed by atoms with Crippen LogP contribution in [0.2, 0.25) is 0 Å². The Morgan fingerprint density at radius 1 is 0.957 bits per heavy atom. The Kier molecular flexibility index (Phi) is 4.49. The van der Waals surface area contributed by atoms with Gasteiger partial charge < -0.3 is 0 Å². The second kappa shape index (κ2) is 7.09. The van der Waals surface area contributed by atoms with E-state index in [2.05, 4.69) is 32.6 Å². The summed E-state index contributed by atoms with van der Waals surface area (Å²) in [5, 5.41) is 3.93. The highest BCUT2D eigenvalue weighted by Gasteiger charge is 2.04. The molecule has 1 aromatic heterocycles. The second-order valence-electron chi connectivity index (χ2n) is 4.78. The third kappa shape index (κ3) is 3.85. The van der Waals surface area contributed by atoms with Crippen LogP contribution in [0.4, 0.5) is 0 Å². The Labute approximate surface area is 133 Å². The Balaban J connectivity index is 1.63. The summed E-state index contributed by atoms with van der Waals surface area (Å²) in [6.07, 6.45) is 5.94. The van der Waals surface area contributed by atoms with Gasteiger partial charge in [-0.15, -0.1) is 0 Å². The number of carbonyl (C=O) groups excluding carboxylic acids is 1. The van der Waals surface area contributed by atoms with Crippen LogP contribution < -0.4 is 5.43 Å². The fourth-order valence-electron chi connectivity index (χ4n) is 2.03. The van der Waals surface area contributed by atoms with Crippen molar-refractivity contribution in [3.05, 3.63) is 84.4 Å². The van der Waals surface area contributed by atoms with Gasteiger partial charge in [0.25, 0.3) is 5.91 Å². The molecule has 0 atom stereocenters. The summed E-state index contributed by atoms with van der Waals surface area (Å²) >= 11 is 0. The molecule has 23 heavy (non-hydrogen) atoms. The van der Waals surface area contributed by atoms with Crippen molar-refractivity contribution < 1.29 is 4.79 Å². The molecule has 1 N–H and O–H groups in total. The second-order valence-corrected chi connectivity index (χ2v) is 4.78. The summed E-state index contributed by atoms with van der Waals surface area (Å²) in [6, 6.07) is 18.0. The predicted octanol–water partition coefficient (Wildman–Crippen LogP) is 2.91. The molecule has 0 aliphatic rings. The van der Waals surface area contributed by atoms with Crippen LogP contribution >= 0.6 is 0 Å². The molecule has 112 valence electrons. The molecule has 2 aromatic carbocycles. The molecule has 0 spiro atoms. The van der Waals surface area contributed by atoms with Gasteiger partial charge in [-0.2, -0.15) is 5.10 Å². The fraction of sp³-hybridized carbons (Fsp3) is 0. The van der Waals surface area contributed by atoms with Crippen molar-refractivity contribution in [2.24, 2.45) is 5.10 Å². The van der Waals surface area contributed by atoms with Gasteiger partial charge in [0.15, 0.2) is 0 Å². The summed E-state index contributed by atoms with van der Waals surface area (Å²) in [4.78, 5) is 19.5. The van der Waals surface area contributed by atoms with E-state index in [1.165, 1.54) is 18.6 Å². The number of benzene rings is 2. The zero-order valence-corrected chi connectivity index (χ0v) is 12.3. The van der Waals surface area contributed by atoms with E-state index in [1.807, 2.05) is 42.5 Å². The van der Waals surface area contributed by atoms with E-state index in [9.17, 15) is 4.79 Å². The molecule has 3 rings (SSSR count). The van der Waals surface area contributed by atoms with E-state index in [4.69, 9.17) is 0 Å². The number of amides is 1. The van der Waals surface area contributed by atoms with Crippen LogP contribution in [0.15, 0.2) is 78.3 Å². The minimum Gasteiger partial charge on any atom is -0.265 e. The number of hydrazone groups is 1. The lowest BCUT2D eigenvalue weighted by Gasteiger charge is -2.01. The van der Waals surface area contributed by atoms with E-state index >= 15 is 0 Å². The normalized spacial score (nSPS) is 10.6. The standard InChI is InChI=1S/C18H14N4O/c23-18(17-13-19-10-11-20-17)22-21-12-14-6-8-16(9-7-14)15-4-2-1-3-5-15/h1-13H,(H,22,23)/b21-12-. The van der Waals surface area contributed by atoms with Crippen molar-refractivity contribution in [2.75, 3.05) is 0 Å². The first-order chi connectivity index (χ1) is 11.3. The Morgan fingerprint density at radius 2 is 1.70 bits per heavy atom. The Hall–Kier alpha value is -3.34. The first-order valence-electron chi connectivity index (χ1n) is 7.08. The van der Waals surface area contributed by atoms with E-state index in [0.29, 0.717) is 0 Å². The number of nitrogens with one attached hydrogen (secondary N) is 1. The molecule has 0 aliphatic heterocycles. The van der Waals surface area contributed by atoms with Gasteiger partial charge in [-0.05, 0) is 16.7 Å². The molecule has 0 saturated heterocycles. The maximum atomic E-state index is 11.7. The zero-order valence-electron chi connectivity index (χ0n) is 12.3. The van der Waals surface area contributed by atoms with E-state index in [-0.39, 0.29) is 5.69 Å². The van der Waals surface area contributed by atoms with Crippen molar-refractivity contribution in [2.45, 2.75) is 0 Å². The maximum Gasteiger partial charge on any atom is 0.291 e. The van der Waals surface area contributed by atoms with Gasteiger partial charge in [-0.25, -0.2) is 10.4 Å². The number of aromatic nitrogens is 2. The molecular weight excluding hydrogens is 288 g/mol. The van der Waals surface area contributed by atoms with Crippen LogP contribution in [-0.2, 0) is 0 Å². The molecule has 0 aliphatic carbocycles. The molecular formula is C18H14N4O. The van der Waals surface area contributed by atoms with Crippen LogP contribution in [0.25, 0.3) is 11.1 Å². The number of hydrogen-bond donors (Lipinski definition) is 1. The largest absolute Gasteiger partial charge is 0.291 e. The Bertz CT molecular complexity index is 799. The van der Waals surface area contributed by atoms with Crippen LogP contribution in [0, 0.1) is 0 Å². The molecule has 1 heterocycles. The van der Waals surface area contributed by atoms with E-state index < -0.39 is 5.91 Å². The van der Waals surface area contributed by atoms with E-state index in [1.54, 1.807) is 6.21 Å². The predicted molar refractivity (Wildman–Crippen MR) is 89.0 cm³/mol. The van der Waals surface area contributed by atoms with Crippen molar-refractivity contribution in [3.8, 4) is 11.1 Å². The smallest absolute Gasteiger partial charge is 0.265 e. The first-order valence-corrected chi connectivity index (χ1v) is 7.08. The average molecular weight is 302 g/mol. The van der Waals surface area contributed by atoms with Crippen molar-refractivity contribution >= 4 is 12.1 Å². The summed E-state index contributed by atoms with van der Waals surface area (Å²) in [7, 11) is 0. The zero-order chi connectivity index (χ0) is 15.9. The highest BCUT2D eigenvalue weighted by Crippen LogP contribution is 2.18. The fourth-order valence-corrected chi connectivity index (χ4v) is 2.03. The monoisotopic (exact) mass is 302 g/mol. The summed E-state index contributed by atoms with van der Waals surface area (Å²) in [5.74, 6) is -0.393. The van der Waals surface area contributed by atoms with Gasteiger partial charge in [-0.1, -0.05) is 54.6 Å². The lowest BCUT2D eigenvalue weighted by molar-refractivity contribution is 0.0949. The topological polar surface area (TPSA) is 67.2 Å². The molecule has 0 saturated carbocycles. The molecule has 5 heteroatoms. The molecule has 1 amide bonds. The molecule has 0 fully saturated rings. The van der Waals surface area contributed by atoms with Crippen LogP contribution in [-0.4, -0.2) is 22.1 Å². The van der Waals surface area contributed by atoms with Crippen molar-refractivity contribution in [1.82, 2.24) is 15.4 Å². The van der Waals surface area contributed by atoms with Crippen molar-refractivity contribution in [3.63, 3.8) is 0 Å². The van der Waals surface area contributed by atoms with Gasteiger partial charge in [0.05, 0.1) is 12.4 Å². The minimum absolute atomic E-state index is 0.226. The summed E-state index contributed by atoms with van der Waals surface area (Å²) < 4.78 is 0. The third-order valence-electron chi connectivity index (χ3n) is 3.19. The quantitative estimate of drug-likeness (QED) is 0.595. The number of hydrogen-bond acceptors (Lipinski definition) is 4.